The van der Waals surface area contributed by atoms with E-state index in [1.54, 1.807) is 31.4 Å². The van der Waals surface area contributed by atoms with Crippen LogP contribution in [0.2, 0.25) is 0 Å². The Morgan fingerprint density at radius 2 is 1.71 bits per heavy atom. The fourth-order valence-corrected chi connectivity index (χ4v) is 4.83. The predicted octanol–water partition coefficient (Wildman–Crippen LogP) is 4.83. The molecule has 0 radical (unpaired) electrons. The molecule has 0 saturated carbocycles. The van der Waals surface area contributed by atoms with E-state index < -0.39 is 11.4 Å². The van der Waals surface area contributed by atoms with Crippen molar-refractivity contribution in [1.29, 1.82) is 5.26 Å². The van der Waals surface area contributed by atoms with Gasteiger partial charge in [-0.3, -0.25) is 9.32 Å². The molecule has 2 aromatic heterocycles. The van der Waals surface area contributed by atoms with Crippen molar-refractivity contribution in [3.8, 4) is 39.9 Å². The number of thioether (sulfide) groups is 1. The SMILES string of the molecule is COc1ccc(-c2cc(-c3ccccc3)nc(SCC(=O)c3c(=O)o[nH][n+]3-c3ccccc3)c2C#N)cc1. The molecular formula is C29H21N4O4S+. The Bertz CT molecular complexity index is 1690. The molecule has 1 N–H and O–H groups in total. The summed E-state index contributed by atoms with van der Waals surface area (Å²) < 4.78 is 11.5. The van der Waals surface area contributed by atoms with Gasteiger partial charge in [-0.2, -0.15) is 5.26 Å². The molecule has 2 heterocycles. The number of aromatic amines is 1. The molecule has 0 aliphatic carbocycles. The molecule has 0 atom stereocenters. The van der Waals surface area contributed by atoms with Gasteiger partial charge in [-0.25, -0.2) is 9.78 Å². The number of methoxy groups -OCH3 is 1. The van der Waals surface area contributed by atoms with Gasteiger partial charge in [0.05, 0.1) is 24.1 Å². The maximum absolute atomic E-state index is 13.2. The monoisotopic (exact) mass is 521 g/mol. The van der Waals surface area contributed by atoms with Crippen molar-refractivity contribution >= 4 is 17.5 Å². The summed E-state index contributed by atoms with van der Waals surface area (Å²) in [6.45, 7) is 0. The zero-order valence-electron chi connectivity index (χ0n) is 20.3. The van der Waals surface area contributed by atoms with Gasteiger partial charge in [-0.15, -0.1) is 0 Å². The molecule has 5 aromatic rings. The van der Waals surface area contributed by atoms with Crippen molar-refractivity contribution in [2.45, 2.75) is 5.03 Å². The van der Waals surface area contributed by atoms with Gasteiger partial charge in [0.15, 0.2) is 0 Å². The number of hydrogen-bond donors (Lipinski definition) is 1. The van der Waals surface area contributed by atoms with E-state index in [0.29, 0.717) is 33.3 Å². The molecule has 9 heteroatoms. The van der Waals surface area contributed by atoms with Crippen LogP contribution in [0.5, 0.6) is 5.75 Å². The fourth-order valence-electron chi connectivity index (χ4n) is 3.96. The van der Waals surface area contributed by atoms with Gasteiger partial charge in [-0.1, -0.05) is 72.4 Å². The van der Waals surface area contributed by atoms with Crippen molar-refractivity contribution in [2.24, 2.45) is 0 Å². The first-order chi connectivity index (χ1) is 18.6. The van der Waals surface area contributed by atoms with Gasteiger partial charge in [0.25, 0.3) is 0 Å². The van der Waals surface area contributed by atoms with E-state index in [0.717, 1.165) is 22.9 Å². The second-order valence-corrected chi connectivity index (χ2v) is 9.12. The molecule has 0 aliphatic rings. The lowest BCUT2D eigenvalue weighted by Crippen LogP contribution is -2.41. The first kappa shape index (κ1) is 24.7. The number of Topliss-reactive ketones (excluding diaryl/α,β-unsaturated/α-hetero) is 1. The number of ketones is 1. The number of para-hydroxylation sites is 1. The third kappa shape index (κ3) is 4.98. The molecule has 0 saturated heterocycles. The van der Waals surface area contributed by atoms with E-state index in [2.05, 4.69) is 11.3 Å². The number of benzene rings is 3. The highest BCUT2D eigenvalue weighted by molar-refractivity contribution is 8.00. The first-order valence-corrected chi connectivity index (χ1v) is 12.6. The summed E-state index contributed by atoms with van der Waals surface area (Å²) in [5.41, 5.74) is 3.02. The van der Waals surface area contributed by atoms with Crippen LogP contribution in [-0.2, 0) is 0 Å². The van der Waals surface area contributed by atoms with Crippen molar-refractivity contribution in [3.63, 3.8) is 0 Å². The molecular weight excluding hydrogens is 500 g/mol. The average molecular weight is 522 g/mol. The molecule has 0 spiro atoms. The maximum atomic E-state index is 13.2. The molecule has 5 rings (SSSR count). The highest BCUT2D eigenvalue weighted by atomic mass is 32.2. The Balaban J connectivity index is 1.54. The number of ether oxygens (including phenoxy) is 1. The molecule has 38 heavy (non-hydrogen) atoms. The summed E-state index contributed by atoms with van der Waals surface area (Å²) in [6.07, 6.45) is 0. The number of H-pyrrole nitrogens is 1. The number of hydrogen-bond acceptors (Lipinski definition) is 7. The third-order valence-electron chi connectivity index (χ3n) is 5.83. The summed E-state index contributed by atoms with van der Waals surface area (Å²) in [6, 6.07) is 30.0. The van der Waals surface area contributed by atoms with Crippen LogP contribution >= 0.6 is 11.8 Å². The summed E-state index contributed by atoms with van der Waals surface area (Å²) in [4.78, 5) is 30.4. The molecule has 0 unspecified atom stereocenters. The van der Waals surface area contributed by atoms with E-state index in [9.17, 15) is 14.9 Å². The Morgan fingerprint density at radius 1 is 1.03 bits per heavy atom. The van der Waals surface area contributed by atoms with E-state index in [1.807, 2.05) is 66.7 Å². The number of nitrogens with one attached hydrogen (secondary N) is 1. The third-order valence-corrected chi connectivity index (χ3v) is 6.81. The van der Waals surface area contributed by atoms with E-state index in [-0.39, 0.29) is 11.4 Å². The van der Waals surface area contributed by atoms with Crippen LogP contribution in [-0.4, -0.2) is 28.9 Å². The topological polar surface area (TPSA) is 113 Å². The minimum absolute atomic E-state index is 0.128. The Kier molecular flexibility index (Phi) is 7.15. The molecule has 186 valence electrons. The van der Waals surface area contributed by atoms with Crippen LogP contribution in [0.4, 0.5) is 0 Å². The number of aromatic nitrogens is 3. The molecule has 3 aromatic carbocycles. The van der Waals surface area contributed by atoms with Crippen molar-refractivity contribution < 1.29 is 18.7 Å². The van der Waals surface area contributed by atoms with Crippen LogP contribution in [0.3, 0.4) is 0 Å². The van der Waals surface area contributed by atoms with Crippen molar-refractivity contribution in [2.75, 3.05) is 12.9 Å². The summed E-state index contributed by atoms with van der Waals surface area (Å²) >= 11 is 1.10. The number of pyridine rings is 1. The van der Waals surface area contributed by atoms with Gasteiger partial charge in [0, 0.05) is 23.3 Å². The van der Waals surface area contributed by atoms with Gasteiger partial charge in [0.2, 0.25) is 11.5 Å². The minimum atomic E-state index is -0.773. The smallest absolute Gasteiger partial charge is 0.438 e. The highest BCUT2D eigenvalue weighted by Crippen LogP contribution is 2.35. The number of nitriles is 1. The average Bonchev–Trinajstić information content (AvgIpc) is 3.37. The molecule has 0 fully saturated rings. The van der Waals surface area contributed by atoms with Gasteiger partial charge in [0.1, 0.15) is 16.8 Å². The summed E-state index contributed by atoms with van der Waals surface area (Å²) in [5.74, 6) is 0.106. The van der Waals surface area contributed by atoms with Crippen LogP contribution in [0.1, 0.15) is 16.1 Å². The van der Waals surface area contributed by atoms with Crippen LogP contribution < -0.4 is 15.0 Å². The quantitative estimate of drug-likeness (QED) is 0.177. The Hall–Kier alpha value is -4.94. The second kappa shape index (κ2) is 11.0. The summed E-state index contributed by atoms with van der Waals surface area (Å²) in [7, 11) is 1.59. The lowest BCUT2D eigenvalue weighted by molar-refractivity contribution is -0.672. The van der Waals surface area contributed by atoms with Gasteiger partial charge < -0.3 is 4.74 Å². The predicted molar refractivity (Wildman–Crippen MR) is 142 cm³/mol. The van der Waals surface area contributed by atoms with E-state index >= 15 is 0 Å². The number of rotatable bonds is 8. The minimum Gasteiger partial charge on any atom is -0.497 e. The lowest BCUT2D eigenvalue weighted by atomic mass is 9.99. The molecule has 0 amide bonds. The van der Waals surface area contributed by atoms with Gasteiger partial charge in [-0.05, 0) is 33.7 Å². The van der Waals surface area contributed by atoms with Crippen molar-refractivity contribution in [3.05, 3.63) is 113 Å². The normalized spacial score (nSPS) is 10.6. The van der Waals surface area contributed by atoms with Crippen LogP contribution in [0.25, 0.3) is 28.1 Å². The maximum Gasteiger partial charge on any atom is 0.438 e. The highest BCUT2D eigenvalue weighted by Gasteiger charge is 2.31. The molecule has 0 aliphatic heterocycles. The summed E-state index contributed by atoms with van der Waals surface area (Å²) in [5, 5.41) is 13.0. The molecule has 8 nitrogen and oxygen atoms in total. The zero-order chi connectivity index (χ0) is 26.5. The number of nitrogens with zero attached hydrogens (tertiary/aromatic N) is 3. The van der Waals surface area contributed by atoms with Crippen LogP contribution in [0, 0.1) is 11.3 Å². The Morgan fingerprint density at radius 3 is 2.37 bits per heavy atom. The van der Waals surface area contributed by atoms with Gasteiger partial charge >= 0.3 is 11.3 Å². The first-order valence-electron chi connectivity index (χ1n) is 11.6. The zero-order valence-corrected chi connectivity index (χ0v) is 21.1. The standard InChI is InChI=1S/C29H20N4O4S/c1-36-22-14-12-19(13-15-22)23-16-25(20-8-4-2-5-9-20)31-28(24(23)17-30)38-18-26(34)27-29(35)37-32-33(27)21-10-6-3-7-11-21/h2-16H,18H2,1H3/p+1. The van der Waals surface area contributed by atoms with E-state index in [4.69, 9.17) is 14.2 Å². The lowest BCUT2D eigenvalue weighted by Gasteiger charge is -2.12. The van der Waals surface area contributed by atoms with Crippen LogP contribution in [0.15, 0.2) is 105 Å². The second-order valence-electron chi connectivity index (χ2n) is 8.15. The molecule has 0 bridgehead atoms. The van der Waals surface area contributed by atoms with E-state index in [1.165, 1.54) is 4.68 Å². The number of carbonyl (C=O) groups is 1. The van der Waals surface area contributed by atoms with Crippen molar-refractivity contribution in [1.82, 2.24) is 10.3 Å². The Labute approximate surface area is 222 Å². The largest absolute Gasteiger partial charge is 0.497 e. The fraction of sp³-hybridized carbons (Fsp3) is 0.0690. The number of carbonyl (C=O) groups excluding carboxylic acids is 1.